The van der Waals surface area contributed by atoms with Gasteiger partial charge in [0.1, 0.15) is 22.9 Å². The van der Waals surface area contributed by atoms with E-state index in [4.69, 9.17) is 9.47 Å². The number of nitrogens with zero attached hydrogens (tertiary/aromatic N) is 1. The van der Waals surface area contributed by atoms with Gasteiger partial charge in [0.25, 0.3) is 10.0 Å². The number of ether oxygens (including phenoxy) is 2. The van der Waals surface area contributed by atoms with E-state index in [0.29, 0.717) is 11.4 Å². The molecule has 0 saturated carbocycles. The third-order valence-electron chi connectivity index (χ3n) is 6.24. The number of rotatable bonds is 8. The highest BCUT2D eigenvalue weighted by Gasteiger charge is 2.31. The Morgan fingerprint density at radius 2 is 1.77 bits per heavy atom. The third-order valence-corrected chi connectivity index (χ3v) is 8.03. The molecule has 0 aliphatic heterocycles. The second-order valence-electron chi connectivity index (χ2n) is 8.58. The lowest BCUT2D eigenvalue weighted by Gasteiger charge is -2.29. The molecule has 0 saturated heterocycles. The van der Waals surface area contributed by atoms with Crippen molar-refractivity contribution >= 4 is 21.6 Å². The summed E-state index contributed by atoms with van der Waals surface area (Å²) in [5, 5.41) is 3.06. The van der Waals surface area contributed by atoms with Crippen LogP contribution < -0.4 is 19.1 Å². The molecule has 1 atom stereocenters. The van der Waals surface area contributed by atoms with Gasteiger partial charge in [-0.15, -0.1) is 0 Å². The lowest BCUT2D eigenvalue weighted by atomic mass is 9.88. The molecule has 3 aromatic carbocycles. The first-order valence-electron chi connectivity index (χ1n) is 11.5. The third kappa shape index (κ3) is 5.27. The quantitative estimate of drug-likeness (QED) is 0.502. The van der Waals surface area contributed by atoms with Gasteiger partial charge < -0.3 is 14.8 Å². The monoisotopic (exact) mass is 494 g/mol. The summed E-state index contributed by atoms with van der Waals surface area (Å²) >= 11 is 0. The highest BCUT2D eigenvalue weighted by atomic mass is 32.2. The maximum absolute atomic E-state index is 13.9. The van der Waals surface area contributed by atoms with E-state index in [2.05, 4.69) is 11.4 Å². The van der Waals surface area contributed by atoms with E-state index >= 15 is 0 Å². The SMILES string of the molecule is COc1ccc(N(CC(=O)N[C@@H]2CCCc3ccccc32)S(=O)(=O)c2cc(C)ccc2OC)cc1. The summed E-state index contributed by atoms with van der Waals surface area (Å²) in [6.07, 6.45) is 2.74. The van der Waals surface area contributed by atoms with Crippen LogP contribution in [0.5, 0.6) is 11.5 Å². The number of hydrogen-bond donors (Lipinski definition) is 1. The van der Waals surface area contributed by atoms with E-state index in [9.17, 15) is 13.2 Å². The summed E-state index contributed by atoms with van der Waals surface area (Å²) in [4.78, 5) is 13.3. The van der Waals surface area contributed by atoms with Gasteiger partial charge in [-0.1, -0.05) is 30.3 Å². The van der Waals surface area contributed by atoms with Crippen LogP contribution in [-0.4, -0.2) is 35.1 Å². The largest absolute Gasteiger partial charge is 0.497 e. The minimum atomic E-state index is -4.13. The molecule has 0 radical (unpaired) electrons. The van der Waals surface area contributed by atoms with E-state index < -0.39 is 10.0 Å². The Morgan fingerprint density at radius 1 is 1.03 bits per heavy atom. The van der Waals surface area contributed by atoms with Crippen LogP contribution in [0.2, 0.25) is 0 Å². The minimum Gasteiger partial charge on any atom is -0.497 e. The molecular formula is C27H30N2O5S. The van der Waals surface area contributed by atoms with Gasteiger partial charge in [0.15, 0.2) is 0 Å². The number of amides is 1. The summed E-state index contributed by atoms with van der Waals surface area (Å²) in [5.41, 5.74) is 3.43. The number of aryl methyl sites for hydroxylation is 2. The van der Waals surface area contributed by atoms with Gasteiger partial charge in [0.05, 0.1) is 25.9 Å². The molecule has 8 heteroatoms. The number of fused-ring (bicyclic) bond motifs is 1. The molecule has 0 bridgehead atoms. The Morgan fingerprint density at radius 3 is 2.49 bits per heavy atom. The van der Waals surface area contributed by atoms with Crippen LogP contribution in [0.3, 0.4) is 0 Å². The molecule has 4 rings (SSSR count). The van der Waals surface area contributed by atoms with Gasteiger partial charge in [-0.05, 0) is 79.3 Å². The van der Waals surface area contributed by atoms with Crippen LogP contribution in [0, 0.1) is 6.92 Å². The van der Waals surface area contributed by atoms with E-state index in [1.807, 2.05) is 25.1 Å². The average molecular weight is 495 g/mol. The van der Waals surface area contributed by atoms with Crippen molar-refractivity contribution in [2.24, 2.45) is 0 Å². The molecule has 1 N–H and O–H groups in total. The molecule has 1 aliphatic carbocycles. The van der Waals surface area contributed by atoms with E-state index in [-0.39, 0.29) is 29.1 Å². The Bertz CT molecular complexity index is 1310. The number of methoxy groups -OCH3 is 2. The number of carbonyl (C=O) groups excluding carboxylic acids is 1. The van der Waals surface area contributed by atoms with Gasteiger partial charge in [0, 0.05) is 0 Å². The van der Waals surface area contributed by atoms with Crippen molar-refractivity contribution in [3.05, 3.63) is 83.4 Å². The van der Waals surface area contributed by atoms with E-state index in [0.717, 1.165) is 34.7 Å². The number of hydrogen-bond acceptors (Lipinski definition) is 5. The number of benzene rings is 3. The second kappa shape index (κ2) is 10.4. The van der Waals surface area contributed by atoms with Crippen LogP contribution in [0.25, 0.3) is 0 Å². The normalized spacial score (nSPS) is 15.1. The Balaban J connectivity index is 1.68. The highest BCUT2D eigenvalue weighted by Crippen LogP contribution is 2.33. The van der Waals surface area contributed by atoms with Gasteiger partial charge in [-0.25, -0.2) is 8.42 Å². The lowest BCUT2D eigenvalue weighted by molar-refractivity contribution is -0.120. The first kappa shape index (κ1) is 24.6. The lowest BCUT2D eigenvalue weighted by Crippen LogP contribution is -2.42. The molecule has 1 amide bonds. The summed E-state index contributed by atoms with van der Waals surface area (Å²) in [7, 11) is -1.17. The molecular weight excluding hydrogens is 464 g/mol. The van der Waals surface area contributed by atoms with Gasteiger partial charge >= 0.3 is 0 Å². The molecule has 7 nitrogen and oxygen atoms in total. The second-order valence-corrected chi connectivity index (χ2v) is 10.4. The first-order valence-corrected chi connectivity index (χ1v) is 13.0. The Kier molecular flexibility index (Phi) is 7.31. The van der Waals surface area contributed by atoms with Crippen LogP contribution in [0.1, 0.15) is 35.6 Å². The molecule has 0 unspecified atom stereocenters. The van der Waals surface area contributed by atoms with Crippen LogP contribution in [-0.2, 0) is 21.2 Å². The zero-order valence-corrected chi connectivity index (χ0v) is 21.0. The topological polar surface area (TPSA) is 84.9 Å². The highest BCUT2D eigenvalue weighted by molar-refractivity contribution is 7.93. The zero-order chi connectivity index (χ0) is 25.0. The minimum absolute atomic E-state index is 0.00614. The van der Waals surface area contributed by atoms with E-state index in [1.54, 1.807) is 42.5 Å². The predicted molar refractivity (Wildman–Crippen MR) is 136 cm³/mol. The fourth-order valence-electron chi connectivity index (χ4n) is 4.44. The number of sulfonamides is 1. The van der Waals surface area contributed by atoms with Crippen LogP contribution in [0.15, 0.2) is 71.6 Å². The molecule has 0 spiro atoms. The number of nitrogens with one attached hydrogen (secondary N) is 1. The molecule has 0 heterocycles. The maximum atomic E-state index is 13.9. The molecule has 35 heavy (non-hydrogen) atoms. The number of anilines is 1. The Labute approximate surface area is 206 Å². The average Bonchev–Trinajstić information content (AvgIpc) is 2.87. The summed E-state index contributed by atoms with van der Waals surface area (Å²) in [5.74, 6) is 0.427. The van der Waals surface area contributed by atoms with Gasteiger partial charge in [0.2, 0.25) is 5.91 Å². The van der Waals surface area contributed by atoms with Crippen molar-refractivity contribution in [1.29, 1.82) is 0 Å². The van der Waals surface area contributed by atoms with Crippen molar-refractivity contribution in [2.45, 2.75) is 37.1 Å². The summed E-state index contributed by atoms with van der Waals surface area (Å²) in [6, 6.07) is 19.4. The van der Waals surface area contributed by atoms with Gasteiger partial charge in [-0.2, -0.15) is 0 Å². The Hall–Kier alpha value is -3.52. The summed E-state index contributed by atoms with van der Waals surface area (Å²) < 4.78 is 39.4. The fourth-order valence-corrected chi connectivity index (χ4v) is 6.11. The maximum Gasteiger partial charge on any atom is 0.268 e. The molecule has 1 aliphatic rings. The zero-order valence-electron chi connectivity index (χ0n) is 20.2. The molecule has 184 valence electrons. The molecule has 3 aromatic rings. The van der Waals surface area contributed by atoms with Crippen LogP contribution in [0.4, 0.5) is 5.69 Å². The standard InChI is InChI=1S/C27H30N2O5S/c1-19-11-16-25(34-3)26(17-19)35(31,32)29(21-12-14-22(33-2)15-13-21)18-27(30)28-24-10-6-8-20-7-4-5-9-23(20)24/h4-5,7,9,11-17,24H,6,8,10,18H2,1-3H3,(H,28,30)/t24-/m1/s1. The van der Waals surface area contributed by atoms with Crippen molar-refractivity contribution in [3.8, 4) is 11.5 Å². The predicted octanol–water partition coefficient (Wildman–Crippen LogP) is 4.40. The van der Waals surface area contributed by atoms with Crippen molar-refractivity contribution in [1.82, 2.24) is 5.32 Å². The fraction of sp³-hybridized carbons (Fsp3) is 0.296. The smallest absolute Gasteiger partial charge is 0.268 e. The molecule has 0 fully saturated rings. The molecule has 0 aromatic heterocycles. The van der Waals surface area contributed by atoms with E-state index in [1.165, 1.54) is 19.8 Å². The van der Waals surface area contributed by atoms with Crippen molar-refractivity contribution in [3.63, 3.8) is 0 Å². The van der Waals surface area contributed by atoms with Crippen molar-refractivity contribution < 1.29 is 22.7 Å². The van der Waals surface area contributed by atoms with Crippen LogP contribution >= 0.6 is 0 Å². The first-order chi connectivity index (χ1) is 16.8. The van der Waals surface area contributed by atoms with Crippen molar-refractivity contribution in [2.75, 3.05) is 25.1 Å². The van der Waals surface area contributed by atoms with Gasteiger partial charge in [-0.3, -0.25) is 9.10 Å². The number of carbonyl (C=O) groups is 1. The summed E-state index contributed by atoms with van der Waals surface area (Å²) in [6.45, 7) is 1.44.